The van der Waals surface area contributed by atoms with Gasteiger partial charge < -0.3 is 15.2 Å². The van der Waals surface area contributed by atoms with Crippen LogP contribution in [0.15, 0.2) is 16.6 Å². The number of hydrogen-bond acceptors (Lipinski definition) is 4. The van der Waals surface area contributed by atoms with Crippen molar-refractivity contribution in [3.05, 3.63) is 33.8 Å². The molecule has 0 spiro atoms. The minimum Gasteiger partial charge on any atom is -0.351 e. The molecule has 2 aromatic heterocycles. The van der Waals surface area contributed by atoms with Gasteiger partial charge in [0, 0.05) is 31.6 Å². The number of nitrogens with zero attached hydrogens (tertiary/aromatic N) is 4. The van der Waals surface area contributed by atoms with Crippen LogP contribution in [0.1, 0.15) is 54.8 Å². The van der Waals surface area contributed by atoms with Crippen LogP contribution >= 0.6 is 35.3 Å². The van der Waals surface area contributed by atoms with Crippen LogP contribution in [0.25, 0.3) is 0 Å². The molecule has 1 aliphatic heterocycles. The smallest absolute Gasteiger partial charge is 0.191 e. The standard InChI is InChI=1S/C17H26N6S.HI/c1-12(2)14-11-24-16(22-14)9-20-17(18-3)19-8-13-10-23-7-5-4-6-15(23)21-13;/h10-12H,4-9H2,1-3H3,(H2,18,19,20);1H. The van der Waals surface area contributed by atoms with E-state index in [2.05, 4.69) is 50.6 Å². The van der Waals surface area contributed by atoms with E-state index in [0.29, 0.717) is 19.0 Å². The van der Waals surface area contributed by atoms with Crippen LogP contribution in [0.4, 0.5) is 0 Å². The highest BCUT2D eigenvalue weighted by Crippen LogP contribution is 2.17. The molecule has 138 valence electrons. The van der Waals surface area contributed by atoms with Gasteiger partial charge in [-0.3, -0.25) is 4.99 Å². The highest BCUT2D eigenvalue weighted by atomic mass is 127. The van der Waals surface area contributed by atoms with E-state index in [1.165, 1.54) is 18.7 Å². The molecule has 8 heteroatoms. The molecule has 0 unspecified atom stereocenters. The van der Waals surface area contributed by atoms with E-state index in [1.807, 2.05) is 0 Å². The zero-order chi connectivity index (χ0) is 16.9. The molecular weight excluding hydrogens is 447 g/mol. The van der Waals surface area contributed by atoms with Crippen molar-refractivity contribution in [3.8, 4) is 0 Å². The summed E-state index contributed by atoms with van der Waals surface area (Å²) in [6, 6.07) is 0. The fourth-order valence-electron chi connectivity index (χ4n) is 2.78. The van der Waals surface area contributed by atoms with Crippen molar-refractivity contribution in [2.75, 3.05) is 7.05 Å². The number of imidazole rings is 1. The summed E-state index contributed by atoms with van der Waals surface area (Å²) < 4.78 is 2.28. The number of nitrogens with one attached hydrogen (secondary N) is 2. The van der Waals surface area contributed by atoms with Crippen molar-refractivity contribution in [3.63, 3.8) is 0 Å². The van der Waals surface area contributed by atoms with Gasteiger partial charge in [0.1, 0.15) is 10.8 Å². The first-order valence-corrected chi connectivity index (χ1v) is 9.47. The summed E-state index contributed by atoms with van der Waals surface area (Å²) >= 11 is 1.69. The van der Waals surface area contributed by atoms with Gasteiger partial charge in [-0.05, 0) is 18.8 Å². The number of hydrogen-bond donors (Lipinski definition) is 2. The molecule has 0 fully saturated rings. The number of fused-ring (bicyclic) bond motifs is 1. The molecule has 3 rings (SSSR count). The number of thiazole rings is 1. The normalized spacial score (nSPS) is 14.2. The zero-order valence-corrected chi connectivity index (χ0v) is 18.2. The van der Waals surface area contributed by atoms with Crippen LogP contribution in [-0.4, -0.2) is 27.5 Å². The molecule has 0 saturated heterocycles. The fraction of sp³-hybridized carbons (Fsp3) is 0.588. The Morgan fingerprint density at radius 3 is 2.76 bits per heavy atom. The summed E-state index contributed by atoms with van der Waals surface area (Å²) in [7, 11) is 1.79. The lowest BCUT2D eigenvalue weighted by atomic mass is 10.2. The lowest BCUT2D eigenvalue weighted by Gasteiger charge is -2.11. The molecule has 0 atom stereocenters. The first kappa shape index (κ1) is 20.2. The predicted molar refractivity (Wildman–Crippen MR) is 114 cm³/mol. The monoisotopic (exact) mass is 474 g/mol. The Balaban J connectivity index is 0.00000225. The first-order chi connectivity index (χ1) is 11.7. The van der Waals surface area contributed by atoms with Crippen molar-refractivity contribution < 1.29 is 0 Å². The van der Waals surface area contributed by atoms with Crippen molar-refractivity contribution in [2.24, 2.45) is 4.99 Å². The first-order valence-electron chi connectivity index (χ1n) is 8.59. The average Bonchev–Trinajstić information content (AvgIpc) is 3.21. The maximum absolute atomic E-state index is 4.71. The number of aliphatic imine (C=N–C) groups is 1. The molecule has 2 N–H and O–H groups in total. The number of halogens is 1. The van der Waals surface area contributed by atoms with E-state index in [1.54, 1.807) is 18.4 Å². The molecule has 25 heavy (non-hydrogen) atoms. The van der Waals surface area contributed by atoms with Crippen LogP contribution < -0.4 is 10.6 Å². The van der Waals surface area contributed by atoms with Crippen LogP contribution in [-0.2, 0) is 26.1 Å². The maximum Gasteiger partial charge on any atom is 0.191 e. The Labute approximate surface area is 170 Å². The van der Waals surface area contributed by atoms with Gasteiger partial charge in [0.25, 0.3) is 0 Å². The summed E-state index contributed by atoms with van der Waals surface area (Å²) in [6.07, 6.45) is 5.75. The van der Waals surface area contributed by atoms with E-state index in [-0.39, 0.29) is 24.0 Å². The highest BCUT2D eigenvalue weighted by molar-refractivity contribution is 14.0. The van der Waals surface area contributed by atoms with Gasteiger partial charge in [0.2, 0.25) is 0 Å². The van der Waals surface area contributed by atoms with Crippen LogP contribution in [0.2, 0.25) is 0 Å². The maximum atomic E-state index is 4.71. The van der Waals surface area contributed by atoms with Crippen molar-refractivity contribution in [1.29, 1.82) is 0 Å². The minimum atomic E-state index is 0. The molecule has 0 bridgehead atoms. The van der Waals surface area contributed by atoms with Gasteiger partial charge in [-0.1, -0.05) is 13.8 Å². The lowest BCUT2D eigenvalue weighted by Crippen LogP contribution is -2.36. The fourth-order valence-corrected chi connectivity index (χ4v) is 3.68. The van der Waals surface area contributed by atoms with Crippen LogP contribution in [0.5, 0.6) is 0 Å². The van der Waals surface area contributed by atoms with Crippen molar-refractivity contribution in [2.45, 2.75) is 58.7 Å². The van der Waals surface area contributed by atoms with E-state index in [0.717, 1.165) is 35.3 Å². The van der Waals surface area contributed by atoms with E-state index >= 15 is 0 Å². The SMILES string of the molecule is CN=C(NCc1cn2c(n1)CCCC2)NCc1nc(C(C)C)cs1.I. The predicted octanol–water partition coefficient (Wildman–Crippen LogP) is 3.28. The van der Waals surface area contributed by atoms with Gasteiger partial charge in [0.05, 0.1) is 24.5 Å². The van der Waals surface area contributed by atoms with E-state index in [9.17, 15) is 0 Å². The third-order valence-corrected chi connectivity index (χ3v) is 5.05. The van der Waals surface area contributed by atoms with Gasteiger partial charge in [-0.2, -0.15) is 0 Å². The second-order valence-corrected chi connectivity index (χ2v) is 7.34. The largest absolute Gasteiger partial charge is 0.351 e. The Bertz CT molecular complexity index is 682. The summed E-state index contributed by atoms with van der Waals surface area (Å²) in [4.78, 5) is 13.6. The van der Waals surface area contributed by atoms with Crippen molar-refractivity contribution in [1.82, 2.24) is 25.2 Å². The Kier molecular flexibility index (Phi) is 7.67. The second kappa shape index (κ2) is 9.51. The molecule has 6 nitrogen and oxygen atoms in total. The second-order valence-electron chi connectivity index (χ2n) is 6.40. The summed E-state index contributed by atoms with van der Waals surface area (Å²) in [5.74, 6) is 2.46. The molecule has 0 saturated carbocycles. The van der Waals surface area contributed by atoms with Crippen LogP contribution in [0, 0.1) is 0 Å². The zero-order valence-electron chi connectivity index (χ0n) is 15.1. The molecular formula is C17H27IN6S. The number of aromatic nitrogens is 3. The molecule has 0 aromatic carbocycles. The molecule has 2 aromatic rings. The van der Waals surface area contributed by atoms with Gasteiger partial charge in [-0.25, -0.2) is 9.97 Å². The van der Waals surface area contributed by atoms with E-state index in [4.69, 9.17) is 4.98 Å². The highest BCUT2D eigenvalue weighted by Gasteiger charge is 2.12. The molecule has 0 amide bonds. The van der Waals surface area contributed by atoms with Crippen LogP contribution in [0.3, 0.4) is 0 Å². The number of guanidine groups is 1. The Morgan fingerprint density at radius 2 is 2.08 bits per heavy atom. The molecule has 1 aliphatic rings. The number of aryl methyl sites for hydroxylation is 2. The topological polar surface area (TPSA) is 67.1 Å². The Hall–Kier alpha value is -1.16. The minimum absolute atomic E-state index is 0. The summed E-state index contributed by atoms with van der Waals surface area (Å²) in [6.45, 7) is 6.80. The lowest BCUT2D eigenvalue weighted by molar-refractivity contribution is 0.522. The van der Waals surface area contributed by atoms with E-state index < -0.39 is 0 Å². The van der Waals surface area contributed by atoms with Crippen molar-refractivity contribution >= 4 is 41.3 Å². The quantitative estimate of drug-likeness (QED) is 0.397. The average molecular weight is 474 g/mol. The third-order valence-electron chi connectivity index (χ3n) is 4.19. The van der Waals surface area contributed by atoms with Gasteiger partial charge in [0.15, 0.2) is 5.96 Å². The third kappa shape index (κ3) is 5.40. The molecule has 0 aliphatic carbocycles. The molecule has 3 heterocycles. The van der Waals surface area contributed by atoms with Gasteiger partial charge >= 0.3 is 0 Å². The Morgan fingerprint density at radius 1 is 1.28 bits per heavy atom. The summed E-state index contributed by atoms with van der Waals surface area (Å²) in [5.41, 5.74) is 2.23. The molecule has 0 radical (unpaired) electrons. The summed E-state index contributed by atoms with van der Waals surface area (Å²) in [5, 5.41) is 9.87. The van der Waals surface area contributed by atoms with Gasteiger partial charge in [-0.15, -0.1) is 35.3 Å². The number of rotatable bonds is 5.